The highest BCUT2D eigenvalue weighted by Crippen LogP contribution is 2.27. The zero-order valence-corrected chi connectivity index (χ0v) is 26.4. The smallest absolute Gasteiger partial charge is 0.343 e. The van der Waals surface area contributed by atoms with E-state index >= 15 is 0 Å². The number of ether oxygens (including phenoxy) is 2. The molecule has 0 saturated heterocycles. The van der Waals surface area contributed by atoms with Crippen molar-refractivity contribution < 1.29 is 23.9 Å². The van der Waals surface area contributed by atoms with Crippen LogP contribution >= 0.6 is 0 Å². The van der Waals surface area contributed by atoms with E-state index in [0.717, 1.165) is 55.6 Å². The zero-order chi connectivity index (χ0) is 31.1. The van der Waals surface area contributed by atoms with Gasteiger partial charge < -0.3 is 9.47 Å². The minimum absolute atomic E-state index is 0.236. The van der Waals surface area contributed by atoms with Crippen LogP contribution in [0.3, 0.4) is 0 Å². The van der Waals surface area contributed by atoms with Crippen LogP contribution in [0.1, 0.15) is 128 Å². The summed E-state index contributed by atoms with van der Waals surface area (Å²) in [7, 11) is 0. The van der Waals surface area contributed by atoms with Gasteiger partial charge in [0.1, 0.15) is 11.5 Å². The zero-order valence-electron chi connectivity index (χ0n) is 26.4. The molecule has 0 fully saturated rings. The highest BCUT2D eigenvalue weighted by Gasteiger charge is 2.35. The first-order valence-corrected chi connectivity index (χ1v) is 16.6. The van der Waals surface area contributed by atoms with Gasteiger partial charge in [0, 0.05) is 6.54 Å². The topological polar surface area (TPSA) is 72.9 Å². The number of fused-ring (bicyclic) bond motifs is 1. The van der Waals surface area contributed by atoms with Gasteiger partial charge >= 0.3 is 5.97 Å². The number of hydrogen-bond acceptors (Lipinski definition) is 5. The van der Waals surface area contributed by atoms with Crippen LogP contribution in [0.5, 0.6) is 11.5 Å². The van der Waals surface area contributed by atoms with Gasteiger partial charge in [-0.1, -0.05) is 109 Å². The molecule has 6 nitrogen and oxygen atoms in total. The molecular weight excluding hydrogens is 550 g/mol. The van der Waals surface area contributed by atoms with Crippen molar-refractivity contribution in [3.63, 3.8) is 0 Å². The summed E-state index contributed by atoms with van der Waals surface area (Å²) in [5.41, 5.74) is 2.87. The normalized spacial score (nSPS) is 12.5. The Morgan fingerprint density at radius 1 is 0.591 bits per heavy atom. The van der Waals surface area contributed by atoms with Gasteiger partial charge in [-0.3, -0.25) is 14.5 Å². The van der Waals surface area contributed by atoms with Gasteiger partial charge in [-0.2, -0.15) is 0 Å². The Balaban J connectivity index is 1.22. The second-order valence-corrected chi connectivity index (χ2v) is 11.7. The monoisotopic (exact) mass is 597 g/mol. The molecule has 0 aliphatic carbocycles. The number of esters is 1. The lowest BCUT2D eigenvalue weighted by atomic mass is 10.1. The number of nitrogens with zero attached hydrogens (tertiary/aromatic N) is 1. The summed E-state index contributed by atoms with van der Waals surface area (Å²) in [6, 6.07) is 19.9. The van der Waals surface area contributed by atoms with Crippen LogP contribution in [-0.2, 0) is 0 Å². The molecule has 1 aliphatic heterocycles. The SMILES string of the molecule is CCCCCCCCCCCOc1ccc(-c2ccc(OC(=O)c3ccc4c(c3)C(=O)N(CCCCCC)C4=O)cc2)cc1. The first-order valence-electron chi connectivity index (χ1n) is 16.6. The number of rotatable bonds is 19. The van der Waals surface area contributed by atoms with Crippen LogP contribution in [0.25, 0.3) is 11.1 Å². The maximum atomic E-state index is 12.9. The Hall–Kier alpha value is -3.93. The van der Waals surface area contributed by atoms with Gasteiger partial charge in [0.25, 0.3) is 11.8 Å². The van der Waals surface area contributed by atoms with Crippen LogP contribution in [-0.4, -0.2) is 35.8 Å². The van der Waals surface area contributed by atoms with Gasteiger partial charge in [-0.05, 0) is 66.4 Å². The molecule has 44 heavy (non-hydrogen) atoms. The molecule has 0 N–H and O–H groups in total. The van der Waals surface area contributed by atoms with Crippen molar-refractivity contribution in [1.82, 2.24) is 4.90 Å². The number of unbranched alkanes of at least 4 members (excludes halogenated alkanes) is 11. The van der Waals surface area contributed by atoms with E-state index in [1.807, 2.05) is 36.4 Å². The molecule has 3 aromatic carbocycles. The van der Waals surface area contributed by atoms with E-state index in [-0.39, 0.29) is 22.9 Å². The second-order valence-electron chi connectivity index (χ2n) is 11.7. The van der Waals surface area contributed by atoms with E-state index in [1.54, 1.807) is 24.3 Å². The maximum Gasteiger partial charge on any atom is 0.343 e. The Kier molecular flexibility index (Phi) is 13.0. The number of carbonyl (C=O) groups excluding carboxylic acids is 3. The van der Waals surface area contributed by atoms with Gasteiger partial charge in [0.05, 0.1) is 23.3 Å². The number of hydrogen-bond donors (Lipinski definition) is 0. The Labute approximate surface area is 262 Å². The third kappa shape index (κ3) is 9.28. The molecule has 0 bridgehead atoms. The molecule has 4 rings (SSSR count). The fraction of sp³-hybridized carbons (Fsp3) is 0.447. The lowest BCUT2D eigenvalue weighted by Gasteiger charge is -2.13. The van der Waals surface area contributed by atoms with Gasteiger partial charge in [-0.15, -0.1) is 0 Å². The number of benzene rings is 3. The molecular formula is C38H47NO5. The first kappa shape index (κ1) is 33.0. The van der Waals surface area contributed by atoms with Crippen molar-refractivity contribution in [3.8, 4) is 22.6 Å². The van der Waals surface area contributed by atoms with Crippen LogP contribution in [0.2, 0.25) is 0 Å². The largest absolute Gasteiger partial charge is 0.494 e. The van der Waals surface area contributed by atoms with Crippen molar-refractivity contribution in [2.45, 2.75) is 97.3 Å². The molecule has 2 amide bonds. The minimum atomic E-state index is -0.573. The van der Waals surface area contributed by atoms with E-state index in [9.17, 15) is 14.4 Å². The van der Waals surface area contributed by atoms with E-state index in [2.05, 4.69) is 13.8 Å². The second kappa shape index (κ2) is 17.4. The summed E-state index contributed by atoms with van der Waals surface area (Å²) in [4.78, 5) is 39.8. The molecule has 6 heteroatoms. The van der Waals surface area contributed by atoms with Crippen LogP contribution in [0.4, 0.5) is 0 Å². The van der Waals surface area contributed by atoms with Crippen molar-refractivity contribution in [1.29, 1.82) is 0 Å². The van der Waals surface area contributed by atoms with Crippen LogP contribution in [0, 0.1) is 0 Å². The number of amides is 2. The maximum absolute atomic E-state index is 12.9. The molecule has 0 aromatic heterocycles. The third-order valence-electron chi connectivity index (χ3n) is 8.21. The third-order valence-corrected chi connectivity index (χ3v) is 8.21. The van der Waals surface area contributed by atoms with Crippen molar-refractivity contribution in [2.24, 2.45) is 0 Å². The van der Waals surface area contributed by atoms with Crippen molar-refractivity contribution >= 4 is 17.8 Å². The minimum Gasteiger partial charge on any atom is -0.494 e. The summed E-state index contributed by atoms with van der Waals surface area (Å²) in [6.07, 6.45) is 15.6. The van der Waals surface area contributed by atoms with E-state index in [4.69, 9.17) is 9.47 Å². The fourth-order valence-electron chi connectivity index (χ4n) is 5.55. The van der Waals surface area contributed by atoms with Gasteiger partial charge in [0.2, 0.25) is 0 Å². The Morgan fingerprint density at radius 3 is 1.73 bits per heavy atom. The lowest BCUT2D eigenvalue weighted by Crippen LogP contribution is -2.30. The molecule has 1 aliphatic rings. The predicted octanol–water partition coefficient (Wildman–Crippen LogP) is 9.66. The molecule has 0 saturated carbocycles. The first-order chi connectivity index (χ1) is 21.5. The van der Waals surface area contributed by atoms with Crippen molar-refractivity contribution in [2.75, 3.05) is 13.2 Å². The molecule has 0 atom stereocenters. The van der Waals surface area contributed by atoms with Gasteiger partial charge in [0.15, 0.2) is 0 Å². The molecule has 0 radical (unpaired) electrons. The lowest BCUT2D eigenvalue weighted by molar-refractivity contribution is 0.0650. The predicted molar refractivity (Wildman–Crippen MR) is 176 cm³/mol. The summed E-state index contributed by atoms with van der Waals surface area (Å²) in [5.74, 6) is 0.0552. The molecule has 234 valence electrons. The summed E-state index contributed by atoms with van der Waals surface area (Å²) in [5, 5.41) is 0. The number of carbonyl (C=O) groups is 3. The van der Waals surface area contributed by atoms with Crippen LogP contribution in [0.15, 0.2) is 66.7 Å². The summed E-state index contributed by atoms with van der Waals surface area (Å²) in [6.45, 7) is 5.50. The van der Waals surface area contributed by atoms with E-state index < -0.39 is 5.97 Å². The van der Waals surface area contributed by atoms with Gasteiger partial charge in [-0.25, -0.2) is 4.79 Å². The highest BCUT2D eigenvalue weighted by molar-refractivity contribution is 6.22. The average Bonchev–Trinajstić information content (AvgIpc) is 3.28. The number of imide groups is 1. The van der Waals surface area contributed by atoms with Crippen molar-refractivity contribution in [3.05, 3.63) is 83.4 Å². The average molecular weight is 598 g/mol. The quantitative estimate of drug-likeness (QED) is 0.0595. The Bertz CT molecular complexity index is 1360. The van der Waals surface area contributed by atoms with E-state index in [0.29, 0.717) is 17.9 Å². The summed E-state index contributed by atoms with van der Waals surface area (Å²) < 4.78 is 11.5. The molecule has 0 unspecified atom stereocenters. The molecule has 3 aromatic rings. The summed E-state index contributed by atoms with van der Waals surface area (Å²) >= 11 is 0. The molecule has 0 spiro atoms. The highest BCUT2D eigenvalue weighted by atomic mass is 16.5. The standard InChI is InChI=1S/C38H47NO5/c1-3-5-7-9-10-11-12-13-15-27-43-32-21-16-29(17-22-32)30-18-23-33(24-19-30)44-38(42)31-20-25-34-35(28-31)37(41)39(36(34)40)26-14-8-6-4-2/h16-25,28H,3-15,26-27H2,1-2H3. The molecule has 1 heterocycles. The fourth-order valence-corrected chi connectivity index (χ4v) is 5.55. The Morgan fingerprint density at radius 2 is 1.11 bits per heavy atom. The van der Waals surface area contributed by atoms with Crippen LogP contribution < -0.4 is 9.47 Å². The van der Waals surface area contributed by atoms with E-state index in [1.165, 1.54) is 62.3 Å².